The van der Waals surface area contributed by atoms with E-state index in [0.29, 0.717) is 5.02 Å². The number of carboxylic acid groups (broad SMARTS) is 1. The minimum atomic E-state index is -0.825. The molecule has 1 rings (SSSR count). The van der Waals surface area contributed by atoms with Gasteiger partial charge in [0.1, 0.15) is 0 Å². The maximum Gasteiger partial charge on any atom is 0.310 e. The third-order valence-corrected chi connectivity index (χ3v) is 3.44. The minimum Gasteiger partial charge on any atom is -0.481 e. The maximum absolute atomic E-state index is 10.9. The molecule has 0 radical (unpaired) electrons. The number of hydrogen-bond donors (Lipinski definition) is 1. The lowest BCUT2D eigenvalue weighted by molar-refractivity contribution is -0.138. The van der Waals surface area contributed by atoms with Crippen LogP contribution in [0.25, 0.3) is 0 Å². The van der Waals surface area contributed by atoms with Gasteiger partial charge in [0.2, 0.25) is 0 Å². The Bertz CT molecular complexity index is 433. The number of benzene rings is 1. The Morgan fingerprint density at radius 3 is 2.44 bits per heavy atom. The van der Waals surface area contributed by atoms with Crippen LogP contribution in [0.4, 0.5) is 0 Å². The van der Waals surface area contributed by atoms with Gasteiger partial charge >= 0.3 is 5.97 Å². The van der Waals surface area contributed by atoms with Gasteiger partial charge in [-0.3, -0.25) is 4.79 Å². The highest BCUT2D eigenvalue weighted by Crippen LogP contribution is 2.27. The molecule has 1 aromatic carbocycles. The third kappa shape index (κ3) is 4.34. The molecule has 0 heterocycles. The van der Waals surface area contributed by atoms with Crippen molar-refractivity contribution < 1.29 is 9.90 Å². The minimum absolute atomic E-state index is 0.274. The summed E-state index contributed by atoms with van der Waals surface area (Å²) in [6, 6.07) is 5.59. The van der Waals surface area contributed by atoms with E-state index in [0.717, 1.165) is 24.0 Å². The van der Waals surface area contributed by atoms with Crippen LogP contribution in [0.5, 0.6) is 0 Å². The smallest absolute Gasteiger partial charge is 0.310 e. The fourth-order valence-corrected chi connectivity index (χ4v) is 1.97. The van der Waals surface area contributed by atoms with E-state index in [4.69, 9.17) is 16.7 Å². The molecule has 100 valence electrons. The van der Waals surface area contributed by atoms with Crippen LogP contribution < -0.4 is 0 Å². The largest absolute Gasteiger partial charge is 0.481 e. The Kier molecular flexibility index (Phi) is 4.80. The standard InChI is InChI=1S/C15H21ClO2/c1-10(14(17)18)12-6-5-11(13(16)9-12)7-8-15(2,3)4/h5-6,9-10H,7-8H2,1-4H3,(H,17,18). The second-order valence-corrected chi connectivity index (χ2v) is 6.38. The van der Waals surface area contributed by atoms with Crippen molar-refractivity contribution >= 4 is 17.6 Å². The van der Waals surface area contributed by atoms with Crippen LogP contribution in [0.15, 0.2) is 18.2 Å². The molecular weight excluding hydrogens is 248 g/mol. The second kappa shape index (κ2) is 5.75. The van der Waals surface area contributed by atoms with E-state index in [1.807, 2.05) is 12.1 Å². The molecule has 0 aliphatic carbocycles. The third-order valence-electron chi connectivity index (χ3n) is 3.09. The average molecular weight is 269 g/mol. The second-order valence-electron chi connectivity index (χ2n) is 5.97. The van der Waals surface area contributed by atoms with E-state index >= 15 is 0 Å². The van der Waals surface area contributed by atoms with Crippen LogP contribution in [0.3, 0.4) is 0 Å². The van der Waals surface area contributed by atoms with Gasteiger partial charge in [0, 0.05) is 5.02 Å². The van der Waals surface area contributed by atoms with Crippen LogP contribution in [0.2, 0.25) is 5.02 Å². The van der Waals surface area contributed by atoms with Crippen molar-refractivity contribution in [2.75, 3.05) is 0 Å². The van der Waals surface area contributed by atoms with Crippen molar-refractivity contribution in [1.29, 1.82) is 0 Å². The van der Waals surface area contributed by atoms with Crippen LogP contribution in [0.1, 0.15) is 51.2 Å². The molecule has 2 nitrogen and oxygen atoms in total. The van der Waals surface area contributed by atoms with Gasteiger partial charge in [0.05, 0.1) is 5.92 Å². The Hall–Kier alpha value is -1.02. The molecule has 0 saturated carbocycles. The quantitative estimate of drug-likeness (QED) is 0.872. The van der Waals surface area contributed by atoms with Gasteiger partial charge in [-0.15, -0.1) is 0 Å². The highest BCUT2D eigenvalue weighted by Gasteiger charge is 2.16. The van der Waals surface area contributed by atoms with E-state index in [-0.39, 0.29) is 5.41 Å². The molecule has 1 unspecified atom stereocenters. The molecule has 0 aliphatic heterocycles. The normalized spacial score (nSPS) is 13.4. The summed E-state index contributed by atoms with van der Waals surface area (Å²) in [4.78, 5) is 10.9. The van der Waals surface area contributed by atoms with E-state index in [9.17, 15) is 4.79 Å². The first-order valence-corrected chi connectivity index (χ1v) is 6.59. The highest BCUT2D eigenvalue weighted by atomic mass is 35.5. The fraction of sp³-hybridized carbons (Fsp3) is 0.533. The summed E-state index contributed by atoms with van der Waals surface area (Å²) in [6.45, 7) is 8.26. The van der Waals surface area contributed by atoms with Gasteiger partial charge in [0.25, 0.3) is 0 Å². The Labute approximate surface area is 114 Å². The Morgan fingerprint density at radius 1 is 1.39 bits per heavy atom. The van der Waals surface area contributed by atoms with Gasteiger partial charge in [0.15, 0.2) is 0 Å². The van der Waals surface area contributed by atoms with E-state index in [1.165, 1.54) is 0 Å². The monoisotopic (exact) mass is 268 g/mol. The summed E-state index contributed by atoms with van der Waals surface area (Å²) in [6.07, 6.45) is 1.98. The lowest BCUT2D eigenvalue weighted by Gasteiger charge is -2.18. The first-order chi connectivity index (χ1) is 8.20. The molecule has 0 bridgehead atoms. The van der Waals surface area contributed by atoms with E-state index in [1.54, 1.807) is 13.0 Å². The van der Waals surface area contributed by atoms with Crippen molar-refractivity contribution in [1.82, 2.24) is 0 Å². The molecule has 1 aromatic rings. The predicted octanol–water partition coefficient (Wildman–Crippen LogP) is 4.51. The van der Waals surface area contributed by atoms with Crippen LogP contribution in [-0.4, -0.2) is 11.1 Å². The first kappa shape index (κ1) is 15.0. The van der Waals surface area contributed by atoms with Crippen molar-refractivity contribution in [2.24, 2.45) is 5.41 Å². The van der Waals surface area contributed by atoms with E-state index in [2.05, 4.69) is 20.8 Å². The Morgan fingerprint density at radius 2 is 2.00 bits per heavy atom. The van der Waals surface area contributed by atoms with Crippen molar-refractivity contribution in [3.8, 4) is 0 Å². The number of rotatable bonds is 4. The number of carboxylic acids is 1. The highest BCUT2D eigenvalue weighted by molar-refractivity contribution is 6.31. The number of halogens is 1. The zero-order valence-electron chi connectivity index (χ0n) is 11.5. The molecular formula is C15H21ClO2. The molecule has 1 atom stereocenters. The first-order valence-electron chi connectivity index (χ1n) is 6.22. The summed E-state index contributed by atoms with van der Waals surface area (Å²) in [7, 11) is 0. The Balaban J connectivity index is 2.83. The molecule has 18 heavy (non-hydrogen) atoms. The maximum atomic E-state index is 10.9. The summed E-state index contributed by atoms with van der Waals surface area (Å²) in [5.41, 5.74) is 2.12. The van der Waals surface area contributed by atoms with Crippen molar-refractivity contribution in [3.63, 3.8) is 0 Å². The zero-order valence-corrected chi connectivity index (χ0v) is 12.2. The van der Waals surface area contributed by atoms with Gasteiger partial charge in [-0.25, -0.2) is 0 Å². The van der Waals surface area contributed by atoms with Crippen LogP contribution in [-0.2, 0) is 11.2 Å². The molecule has 0 amide bonds. The van der Waals surface area contributed by atoms with Gasteiger partial charge in [-0.05, 0) is 42.4 Å². The van der Waals surface area contributed by atoms with Crippen molar-refractivity contribution in [3.05, 3.63) is 34.3 Å². The number of carbonyl (C=O) groups is 1. The van der Waals surface area contributed by atoms with Gasteiger partial charge < -0.3 is 5.11 Å². The number of hydrogen-bond acceptors (Lipinski definition) is 1. The molecule has 0 aromatic heterocycles. The molecule has 3 heteroatoms. The van der Waals surface area contributed by atoms with Gasteiger partial charge in [-0.1, -0.05) is 44.5 Å². The van der Waals surface area contributed by atoms with Crippen molar-refractivity contribution in [2.45, 2.75) is 46.5 Å². The lowest BCUT2D eigenvalue weighted by atomic mass is 9.88. The predicted molar refractivity (Wildman–Crippen MR) is 75.3 cm³/mol. The lowest BCUT2D eigenvalue weighted by Crippen LogP contribution is -2.08. The molecule has 0 aliphatic rings. The number of aryl methyl sites for hydroxylation is 1. The van der Waals surface area contributed by atoms with Gasteiger partial charge in [-0.2, -0.15) is 0 Å². The van der Waals surface area contributed by atoms with Crippen LogP contribution >= 0.6 is 11.6 Å². The SMILES string of the molecule is CC(C(=O)O)c1ccc(CCC(C)(C)C)c(Cl)c1. The topological polar surface area (TPSA) is 37.3 Å². The summed E-state index contributed by atoms with van der Waals surface area (Å²) in [5, 5.41) is 9.63. The average Bonchev–Trinajstić information content (AvgIpc) is 2.25. The van der Waals surface area contributed by atoms with E-state index < -0.39 is 11.9 Å². The van der Waals surface area contributed by atoms with Crippen LogP contribution in [0, 0.1) is 5.41 Å². The number of aliphatic carboxylic acids is 1. The molecule has 0 saturated heterocycles. The summed E-state index contributed by atoms with van der Waals surface area (Å²) >= 11 is 6.21. The molecule has 0 fully saturated rings. The molecule has 1 N–H and O–H groups in total. The molecule has 0 spiro atoms. The zero-order chi connectivity index (χ0) is 13.9. The summed E-state index contributed by atoms with van der Waals surface area (Å²) < 4.78 is 0. The fourth-order valence-electron chi connectivity index (χ4n) is 1.69. The summed E-state index contributed by atoms with van der Waals surface area (Å²) in [5.74, 6) is -1.34.